The lowest BCUT2D eigenvalue weighted by atomic mass is 10.1. The Morgan fingerprint density at radius 2 is 1.83 bits per heavy atom. The van der Waals surface area contributed by atoms with E-state index in [2.05, 4.69) is 20.4 Å². The minimum Gasteiger partial charge on any atom is -0.406 e. The fraction of sp³-hybridized carbons (Fsp3) is 0.316. The van der Waals surface area contributed by atoms with Crippen molar-refractivity contribution in [2.45, 2.75) is 33.2 Å². The van der Waals surface area contributed by atoms with Gasteiger partial charge in [-0.15, -0.1) is 13.2 Å². The van der Waals surface area contributed by atoms with Gasteiger partial charge >= 0.3 is 6.36 Å². The van der Waals surface area contributed by atoms with Crippen LogP contribution in [-0.2, 0) is 4.79 Å². The zero-order valence-electron chi connectivity index (χ0n) is 15.8. The van der Waals surface area contributed by atoms with Crippen molar-refractivity contribution in [3.05, 3.63) is 52.7 Å². The zero-order chi connectivity index (χ0) is 21.8. The van der Waals surface area contributed by atoms with E-state index >= 15 is 0 Å². The van der Waals surface area contributed by atoms with Crippen LogP contribution in [0.15, 0.2) is 36.5 Å². The maximum absolute atomic E-state index is 12.5. The van der Waals surface area contributed by atoms with Crippen LogP contribution in [0.4, 0.5) is 19.0 Å². The first-order chi connectivity index (χ1) is 13.4. The summed E-state index contributed by atoms with van der Waals surface area (Å²) < 4.78 is 41.2. The molecule has 1 atom stereocenters. The third kappa shape index (κ3) is 6.94. The summed E-state index contributed by atoms with van der Waals surface area (Å²) in [7, 11) is 0. The summed E-state index contributed by atoms with van der Waals surface area (Å²) in [5, 5.41) is 5.28. The molecule has 0 aliphatic carbocycles. The lowest BCUT2D eigenvalue weighted by molar-refractivity contribution is -0.274. The molecule has 29 heavy (non-hydrogen) atoms. The first-order valence-corrected chi connectivity index (χ1v) is 8.96. The molecule has 1 unspecified atom stereocenters. The van der Waals surface area contributed by atoms with E-state index in [1.807, 2.05) is 0 Å². The minimum atomic E-state index is -4.86. The molecule has 156 valence electrons. The van der Waals surface area contributed by atoms with Gasteiger partial charge in [-0.3, -0.25) is 9.59 Å². The van der Waals surface area contributed by atoms with Crippen LogP contribution in [0.2, 0.25) is 5.02 Å². The number of amides is 2. The van der Waals surface area contributed by atoms with Crippen molar-refractivity contribution in [3.8, 4) is 5.75 Å². The monoisotopic (exact) mass is 429 g/mol. The first-order valence-electron chi connectivity index (χ1n) is 8.58. The van der Waals surface area contributed by atoms with Gasteiger partial charge in [-0.05, 0) is 42.8 Å². The maximum atomic E-state index is 12.5. The number of rotatable bonds is 6. The molecule has 0 fully saturated rings. The third-order valence-electron chi connectivity index (χ3n) is 3.77. The van der Waals surface area contributed by atoms with Gasteiger partial charge in [0.25, 0.3) is 5.91 Å². The molecule has 2 rings (SSSR count). The quantitative estimate of drug-likeness (QED) is 0.696. The largest absolute Gasteiger partial charge is 0.573 e. The van der Waals surface area contributed by atoms with Gasteiger partial charge in [0.05, 0.1) is 6.04 Å². The second-order valence-corrected chi connectivity index (χ2v) is 6.97. The molecule has 0 spiro atoms. The van der Waals surface area contributed by atoms with Crippen LogP contribution in [0.1, 0.15) is 42.7 Å². The van der Waals surface area contributed by atoms with Gasteiger partial charge in [-0.2, -0.15) is 0 Å². The average Bonchev–Trinajstić information content (AvgIpc) is 2.59. The summed E-state index contributed by atoms with van der Waals surface area (Å²) in [6, 6.07) is 5.78. The number of hydrogen-bond acceptors (Lipinski definition) is 4. The average molecular weight is 430 g/mol. The summed E-state index contributed by atoms with van der Waals surface area (Å²) in [6.45, 7) is 5.02. The van der Waals surface area contributed by atoms with E-state index in [4.69, 9.17) is 11.6 Å². The topological polar surface area (TPSA) is 80.3 Å². The van der Waals surface area contributed by atoms with E-state index in [9.17, 15) is 22.8 Å². The van der Waals surface area contributed by atoms with Crippen LogP contribution >= 0.6 is 11.6 Å². The van der Waals surface area contributed by atoms with Crippen molar-refractivity contribution in [3.63, 3.8) is 0 Å². The standard InChI is InChI=1S/C19H19ClF3N3O3/c1-10(2)17(27)26-16-8-12(4-5-24-16)18(28)25-11(3)13-6-14(20)9-15(7-13)29-19(21,22)23/h4-11H,1-3H3,(H,25,28)(H,24,26,27). The van der Waals surface area contributed by atoms with E-state index in [1.165, 1.54) is 24.4 Å². The van der Waals surface area contributed by atoms with E-state index in [-0.39, 0.29) is 28.2 Å². The molecule has 0 saturated heterocycles. The Kier molecular flexibility index (Phi) is 7.07. The van der Waals surface area contributed by atoms with Crippen molar-refractivity contribution in [2.75, 3.05) is 5.32 Å². The van der Waals surface area contributed by atoms with Crippen molar-refractivity contribution < 1.29 is 27.5 Å². The number of halogens is 4. The Morgan fingerprint density at radius 3 is 2.45 bits per heavy atom. The number of nitrogens with one attached hydrogen (secondary N) is 2. The fourth-order valence-electron chi connectivity index (χ4n) is 2.30. The van der Waals surface area contributed by atoms with Crippen LogP contribution in [0, 0.1) is 5.92 Å². The Bertz CT molecular complexity index is 904. The number of hydrogen-bond donors (Lipinski definition) is 2. The molecule has 0 bridgehead atoms. The second-order valence-electron chi connectivity index (χ2n) is 6.54. The van der Waals surface area contributed by atoms with E-state index in [0.717, 1.165) is 12.1 Å². The highest BCUT2D eigenvalue weighted by molar-refractivity contribution is 6.30. The lowest BCUT2D eigenvalue weighted by Crippen LogP contribution is -2.27. The summed E-state index contributed by atoms with van der Waals surface area (Å²) >= 11 is 5.86. The molecule has 1 aromatic carbocycles. The van der Waals surface area contributed by atoms with Crippen molar-refractivity contribution in [2.24, 2.45) is 5.92 Å². The van der Waals surface area contributed by atoms with Crippen LogP contribution in [0.3, 0.4) is 0 Å². The normalized spacial score (nSPS) is 12.4. The SMILES string of the molecule is CC(C)C(=O)Nc1cc(C(=O)NC(C)c2cc(Cl)cc(OC(F)(F)F)c2)ccn1. The summed E-state index contributed by atoms with van der Waals surface area (Å²) in [4.78, 5) is 28.3. The number of anilines is 1. The number of benzene rings is 1. The fourth-order valence-corrected chi connectivity index (χ4v) is 2.53. The van der Waals surface area contributed by atoms with Crippen LogP contribution < -0.4 is 15.4 Å². The number of aromatic nitrogens is 1. The Hall–Kier alpha value is -2.81. The minimum absolute atomic E-state index is 0.0328. The highest BCUT2D eigenvalue weighted by atomic mass is 35.5. The molecule has 0 aliphatic rings. The Labute approximate surface area is 170 Å². The molecule has 6 nitrogen and oxygen atoms in total. The number of carbonyl (C=O) groups is 2. The smallest absolute Gasteiger partial charge is 0.406 e. The van der Waals surface area contributed by atoms with Gasteiger partial charge in [-0.1, -0.05) is 25.4 Å². The van der Waals surface area contributed by atoms with Gasteiger partial charge in [-0.25, -0.2) is 4.98 Å². The summed E-state index contributed by atoms with van der Waals surface area (Å²) in [5.74, 6) is -1.28. The molecule has 1 aromatic heterocycles. The Balaban J connectivity index is 2.14. The highest BCUT2D eigenvalue weighted by Crippen LogP contribution is 2.29. The number of carbonyl (C=O) groups excluding carboxylic acids is 2. The summed E-state index contributed by atoms with van der Waals surface area (Å²) in [5.41, 5.74) is 0.548. The molecular formula is C19H19ClF3N3O3. The molecule has 0 aliphatic heterocycles. The molecule has 10 heteroatoms. The number of nitrogens with zero attached hydrogens (tertiary/aromatic N) is 1. The number of alkyl halides is 3. The van der Waals surface area contributed by atoms with Crippen molar-refractivity contribution >= 4 is 29.2 Å². The summed E-state index contributed by atoms with van der Waals surface area (Å²) in [6.07, 6.45) is -3.49. The van der Waals surface area contributed by atoms with Crippen LogP contribution in [0.5, 0.6) is 5.75 Å². The molecular weight excluding hydrogens is 411 g/mol. The number of ether oxygens (including phenoxy) is 1. The highest BCUT2D eigenvalue weighted by Gasteiger charge is 2.31. The van der Waals surface area contributed by atoms with E-state index in [1.54, 1.807) is 20.8 Å². The predicted octanol–water partition coefficient (Wildman–Crippen LogP) is 4.72. The number of pyridine rings is 1. The van der Waals surface area contributed by atoms with Crippen LogP contribution in [0.25, 0.3) is 0 Å². The Morgan fingerprint density at radius 1 is 1.14 bits per heavy atom. The molecule has 1 heterocycles. The van der Waals surface area contributed by atoms with Gasteiger partial charge < -0.3 is 15.4 Å². The zero-order valence-corrected chi connectivity index (χ0v) is 16.6. The molecule has 2 N–H and O–H groups in total. The molecule has 0 saturated carbocycles. The first kappa shape index (κ1) is 22.5. The van der Waals surface area contributed by atoms with E-state index in [0.29, 0.717) is 5.56 Å². The van der Waals surface area contributed by atoms with Gasteiger partial charge in [0.1, 0.15) is 11.6 Å². The van der Waals surface area contributed by atoms with Gasteiger partial charge in [0.2, 0.25) is 5.91 Å². The maximum Gasteiger partial charge on any atom is 0.573 e. The molecule has 0 radical (unpaired) electrons. The molecule has 2 aromatic rings. The van der Waals surface area contributed by atoms with Crippen molar-refractivity contribution in [1.29, 1.82) is 0 Å². The lowest BCUT2D eigenvalue weighted by Gasteiger charge is -2.17. The second kappa shape index (κ2) is 9.13. The van der Waals surface area contributed by atoms with Crippen molar-refractivity contribution in [1.82, 2.24) is 10.3 Å². The predicted molar refractivity (Wildman–Crippen MR) is 102 cm³/mol. The van der Waals surface area contributed by atoms with Crippen LogP contribution in [-0.4, -0.2) is 23.2 Å². The van der Waals surface area contributed by atoms with Gasteiger partial charge in [0, 0.05) is 22.7 Å². The van der Waals surface area contributed by atoms with Gasteiger partial charge in [0.15, 0.2) is 0 Å². The van der Waals surface area contributed by atoms with E-state index < -0.39 is 24.1 Å². The molecule has 2 amide bonds. The third-order valence-corrected chi connectivity index (χ3v) is 3.99.